The Labute approximate surface area is 156 Å². The van der Waals surface area contributed by atoms with Gasteiger partial charge in [-0.25, -0.2) is 0 Å². The molecule has 0 aliphatic heterocycles. The van der Waals surface area contributed by atoms with Crippen molar-refractivity contribution in [2.24, 2.45) is 0 Å². The molecule has 0 bridgehead atoms. The van der Waals surface area contributed by atoms with Crippen LogP contribution in [-0.2, 0) is 0 Å². The zero-order valence-electron chi connectivity index (χ0n) is 14.4. The molecule has 0 spiro atoms. The highest BCUT2D eigenvalue weighted by Crippen LogP contribution is 2.24. The van der Waals surface area contributed by atoms with E-state index in [1.54, 1.807) is 6.20 Å². The van der Waals surface area contributed by atoms with Gasteiger partial charge in [-0.15, -0.1) is 5.10 Å². The number of para-hydroxylation sites is 2. The lowest BCUT2D eigenvalue weighted by Gasteiger charge is -2.09. The molecule has 4 aromatic rings. The maximum Gasteiger partial charge on any atom is 0.249 e. The van der Waals surface area contributed by atoms with Gasteiger partial charge in [0.15, 0.2) is 5.82 Å². The van der Waals surface area contributed by atoms with Crippen LogP contribution < -0.4 is 15.4 Å². The molecule has 0 saturated heterocycles. The summed E-state index contributed by atoms with van der Waals surface area (Å²) in [5.74, 6) is 2.59. The molecule has 6 heteroatoms. The van der Waals surface area contributed by atoms with Gasteiger partial charge in [0.25, 0.3) is 0 Å². The number of hydrogen-bond donors (Lipinski definition) is 2. The van der Waals surface area contributed by atoms with Crippen molar-refractivity contribution in [1.82, 2.24) is 15.2 Å². The smallest absolute Gasteiger partial charge is 0.249 e. The number of aromatic nitrogens is 3. The molecule has 0 atom stereocenters. The second-order valence-electron chi connectivity index (χ2n) is 5.72. The number of rotatable bonds is 6. The summed E-state index contributed by atoms with van der Waals surface area (Å²) < 4.78 is 5.79. The van der Waals surface area contributed by atoms with E-state index < -0.39 is 0 Å². The first-order valence-corrected chi connectivity index (χ1v) is 8.47. The van der Waals surface area contributed by atoms with Crippen LogP contribution in [0.1, 0.15) is 0 Å². The van der Waals surface area contributed by atoms with Crippen LogP contribution in [0, 0.1) is 0 Å². The summed E-state index contributed by atoms with van der Waals surface area (Å²) in [6.45, 7) is 0. The van der Waals surface area contributed by atoms with Crippen LogP contribution >= 0.6 is 0 Å². The number of nitrogens with one attached hydrogen (secondary N) is 2. The Morgan fingerprint density at radius 1 is 0.630 bits per heavy atom. The van der Waals surface area contributed by atoms with Gasteiger partial charge in [0.05, 0.1) is 6.20 Å². The summed E-state index contributed by atoms with van der Waals surface area (Å²) >= 11 is 0. The molecule has 132 valence electrons. The third-order valence-corrected chi connectivity index (χ3v) is 3.69. The van der Waals surface area contributed by atoms with Gasteiger partial charge in [-0.3, -0.25) is 0 Å². The maximum atomic E-state index is 5.79. The van der Waals surface area contributed by atoms with Crippen molar-refractivity contribution in [1.29, 1.82) is 0 Å². The number of nitrogens with zero attached hydrogens (tertiary/aromatic N) is 3. The SMILES string of the molecule is c1ccc(Nc2nncc(Nc3ccc(Oc4ccccc4)cc3)n2)cc1. The molecule has 3 aromatic carbocycles. The van der Waals surface area contributed by atoms with Gasteiger partial charge in [-0.05, 0) is 48.5 Å². The van der Waals surface area contributed by atoms with Crippen molar-refractivity contribution in [2.45, 2.75) is 0 Å². The van der Waals surface area contributed by atoms with Crippen molar-refractivity contribution in [3.63, 3.8) is 0 Å². The summed E-state index contributed by atoms with van der Waals surface area (Å²) in [4.78, 5) is 4.43. The Hall–Kier alpha value is -3.93. The predicted octanol–water partition coefficient (Wildman–Crippen LogP) is 5.15. The fraction of sp³-hybridized carbons (Fsp3) is 0. The van der Waals surface area contributed by atoms with E-state index in [0.29, 0.717) is 11.8 Å². The molecular formula is C21H17N5O. The average Bonchev–Trinajstić information content (AvgIpc) is 2.71. The summed E-state index contributed by atoms with van der Waals surface area (Å²) in [5.41, 5.74) is 1.78. The summed E-state index contributed by atoms with van der Waals surface area (Å²) in [6, 6.07) is 27.0. The minimum absolute atomic E-state index is 0.426. The first-order chi connectivity index (χ1) is 13.3. The average molecular weight is 355 g/mol. The molecule has 6 nitrogen and oxygen atoms in total. The fourth-order valence-electron chi connectivity index (χ4n) is 2.45. The van der Waals surface area contributed by atoms with E-state index in [2.05, 4.69) is 25.8 Å². The number of benzene rings is 3. The van der Waals surface area contributed by atoms with Gasteiger partial charge >= 0.3 is 0 Å². The highest BCUT2D eigenvalue weighted by Gasteiger charge is 2.03. The van der Waals surface area contributed by atoms with E-state index in [-0.39, 0.29) is 0 Å². The van der Waals surface area contributed by atoms with Crippen molar-refractivity contribution in [3.8, 4) is 11.5 Å². The highest BCUT2D eigenvalue weighted by molar-refractivity contribution is 5.59. The Kier molecular flexibility index (Phi) is 4.88. The minimum Gasteiger partial charge on any atom is -0.457 e. The zero-order valence-corrected chi connectivity index (χ0v) is 14.4. The number of hydrogen-bond acceptors (Lipinski definition) is 6. The quantitative estimate of drug-likeness (QED) is 0.498. The first-order valence-electron chi connectivity index (χ1n) is 8.47. The highest BCUT2D eigenvalue weighted by atomic mass is 16.5. The molecule has 2 N–H and O–H groups in total. The molecule has 0 aliphatic carbocycles. The monoisotopic (exact) mass is 355 g/mol. The second kappa shape index (κ2) is 7.97. The molecule has 4 rings (SSSR count). The zero-order chi connectivity index (χ0) is 18.3. The molecule has 27 heavy (non-hydrogen) atoms. The van der Waals surface area contributed by atoms with Gasteiger partial charge in [-0.2, -0.15) is 10.1 Å². The van der Waals surface area contributed by atoms with E-state index in [1.807, 2.05) is 84.9 Å². The number of anilines is 4. The van der Waals surface area contributed by atoms with Crippen LogP contribution in [-0.4, -0.2) is 15.2 Å². The van der Waals surface area contributed by atoms with Gasteiger partial charge in [0, 0.05) is 11.4 Å². The van der Waals surface area contributed by atoms with E-state index >= 15 is 0 Å². The van der Waals surface area contributed by atoms with E-state index in [9.17, 15) is 0 Å². The largest absolute Gasteiger partial charge is 0.457 e. The van der Waals surface area contributed by atoms with Crippen LogP contribution in [0.2, 0.25) is 0 Å². The molecule has 0 amide bonds. The van der Waals surface area contributed by atoms with Crippen molar-refractivity contribution >= 4 is 23.1 Å². The minimum atomic E-state index is 0.426. The van der Waals surface area contributed by atoms with E-state index in [0.717, 1.165) is 22.9 Å². The lowest BCUT2D eigenvalue weighted by molar-refractivity contribution is 0.483. The van der Waals surface area contributed by atoms with Crippen molar-refractivity contribution in [2.75, 3.05) is 10.6 Å². The third-order valence-electron chi connectivity index (χ3n) is 3.69. The fourth-order valence-corrected chi connectivity index (χ4v) is 2.45. The summed E-state index contributed by atoms with van der Waals surface area (Å²) in [6.07, 6.45) is 1.57. The lowest BCUT2D eigenvalue weighted by atomic mass is 10.3. The summed E-state index contributed by atoms with van der Waals surface area (Å²) in [5, 5.41) is 14.3. The van der Waals surface area contributed by atoms with Crippen LogP contribution in [0.15, 0.2) is 91.1 Å². The van der Waals surface area contributed by atoms with Crippen molar-refractivity contribution < 1.29 is 4.74 Å². The molecule has 0 saturated carbocycles. The summed E-state index contributed by atoms with van der Waals surface area (Å²) in [7, 11) is 0. The molecular weight excluding hydrogens is 338 g/mol. The predicted molar refractivity (Wildman–Crippen MR) is 106 cm³/mol. The normalized spacial score (nSPS) is 10.2. The molecule has 0 aliphatic rings. The van der Waals surface area contributed by atoms with Gasteiger partial charge < -0.3 is 15.4 Å². The van der Waals surface area contributed by atoms with Crippen LogP contribution in [0.5, 0.6) is 11.5 Å². The van der Waals surface area contributed by atoms with Crippen LogP contribution in [0.4, 0.5) is 23.1 Å². The Morgan fingerprint density at radius 2 is 1.26 bits per heavy atom. The maximum absolute atomic E-state index is 5.79. The Morgan fingerprint density at radius 3 is 2.00 bits per heavy atom. The molecule has 1 aromatic heterocycles. The lowest BCUT2D eigenvalue weighted by Crippen LogP contribution is -2.02. The van der Waals surface area contributed by atoms with Gasteiger partial charge in [0.2, 0.25) is 5.95 Å². The Bertz CT molecular complexity index is 992. The van der Waals surface area contributed by atoms with Crippen LogP contribution in [0.25, 0.3) is 0 Å². The first kappa shape index (κ1) is 16.5. The Balaban J connectivity index is 1.42. The van der Waals surface area contributed by atoms with E-state index in [1.165, 1.54) is 0 Å². The van der Waals surface area contributed by atoms with E-state index in [4.69, 9.17) is 4.74 Å². The van der Waals surface area contributed by atoms with Crippen molar-refractivity contribution in [3.05, 3.63) is 91.1 Å². The second-order valence-corrected chi connectivity index (χ2v) is 5.72. The molecule has 1 heterocycles. The molecule has 0 fully saturated rings. The van der Waals surface area contributed by atoms with Gasteiger partial charge in [0.1, 0.15) is 11.5 Å². The number of ether oxygens (including phenoxy) is 1. The standard InChI is InChI=1S/C21H17N5O/c1-3-7-16(8-4-1)24-21-25-20(15-22-26-21)23-17-11-13-19(14-12-17)27-18-9-5-2-6-10-18/h1-15H,(H2,23,24,25,26). The van der Waals surface area contributed by atoms with Gasteiger partial charge in [-0.1, -0.05) is 36.4 Å². The molecule has 0 radical (unpaired) electrons. The van der Waals surface area contributed by atoms with Crippen LogP contribution in [0.3, 0.4) is 0 Å². The third kappa shape index (κ3) is 4.58. The molecule has 0 unspecified atom stereocenters. The topological polar surface area (TPSA) is 72.0 Å².